The minimum atomic E-state index is -1.14. The summed E-state index contributed by atoms with van der Waals surface area (Å²) in [5, 5.41) is 11.6. The van der Waals surface area contributed by atoms with Crippen LogP contribution in [-0.4, -0.2) is 43.2 Å². The molecule has 4 rings (SSSR count). The molecule has 5 nitrogen and oxygen atoms in total. The molecule has 2 aliphatic rings. The van der Waals surface area contributed by atoms with E-state index in [1.54, 1.807) is 14.2 Å². The van der Waals surface area contributed by atoms with E-state index in [0.29, 0.717) is 31.0 Å². The summed E-state index contributed by atoms with van der Waals surface area (Å²) in [4.78, 5) is 6.62. The van der Waals surface area contributed by atoms with Crippen LogP contribution in [0.1, 0.15) is 16.7 Å². The number of methoxy groups -OCH3 is 2. The summed E-state index contributed by atoms with van der Waals surface area (Å²) in [6.07, 6.45) is 0.512. The summed E-state index contributed by atoms with van der Waals surface area (Å²) in [5.74, 6) is 2.13. The van der Waals surface area contributed by atoms with Crippen molar-refractivity contribution in [3.05, 3.63) is 59.2 Å². The Labute approximate surface area is 141 Å². The average Bonchev–Trinajstić information content (AvgIpc) is 3.12. The fourth-order valence-corrected chi connectivity index (χ4v) is 3.63. The van der Waals surface area contributed by atoms with Crippen LogP contribution in [0.4, 0.5) is 0 Å². The summed E-state index contributed by atoms with van der Waals surface area (Å²) in [6, 6.07) is 13.7. The summed E-state index contributed by atoms with van der Waals surface area (Å²) in [7, 11) is 3.21. The second-order valence-corrected chi connectivity index (χ2v) is 6.08. The number of aliphatic imine (C=N–C) groups is 1. The highest BCUT2D eigenvalue weighted by molar-refractivity contribution is 6.02. The Balaban J connectivity index is 1.84. The average molecular weight is 324 g/mol. The quantitative estimate of drug-likeness (QED) is 0.940. The third-order valence-corrected chi connectivity index (χ3v) is 4.83. The molecule has 2 aliphatic heterocycles. The lowest BCUT2D eigenvalue weighted by Crippen LogP contribution is -2.53. The van der Waals surface area contributed by atoms with Crippen LogP contribution in [0, 0.1) is 0 Å². The molecule has 1 unspecified atom stereocenters. The second-order valence-electron chi connectivity index (χ2n) is 6.08. The normalized spacial score (nSPS) is 21.8. The Morgan fingerprint density at radius 1 is 1.08 bits per heavy atom. The number of hydrogen-bond donors (Lipinski definition) is 1. The molecule has 0 aromatic heterocycles. The maximum Gasteiger partial charge on any atom is 0.169 e. The van der Waals surface area contributed by atoms with Gasteiger partial charge < -0.3 is 19.5 Å². The van der Waals surface area contributed by atoms with E-state index >= 15 is 0 Å². The first kappa shape index (κ1) is 15.0. The Morgan fingerprint density at radius 2 is 1.88 bits per heavy atom. The van der Waals surface area contributed by atoms with E-state index in [-0.39, 0.29) is 0 Å². The van der Waals surface area contributed by atoms with Gasteiger partial charge in [-0.3, -0.25) is 4.99 Å². The first-order chi connectivity index (χ1) is 11.7. The molecule has 1 N–H and O–H groups in total. The molecule has 0 spiro atoms. The first-order valence-corrected chi connectivity index (χ1v) is 8.02. The second kappa shape index (κ2) is 5.53. The van der Waals surface area contributed by atoms with Crippen molar-refractivity contribution < 1.29 is 14.6 Å². The van der Waals surface area contributed by atoms with Crippen LogP contribution in [0.15, 0.2) is 47.5 Å². The number of ether oxygens (including phenoxy) is 2. The monoisotopic (exact) mass is 324 g/mol. The number of benzene rings is 2. The zero-order chi connectivity index (χ0) is 16.7. The lowest BCUT2D eigenvalue weighted by Gasteiger charge is -2.43. The van der Waals surface area contributed by atoms with E-state index in [0.717, 1.165) is 22.5 Å². The van der Waals surface area contributed by atoms with Gasteiger partial charge in [0.1, 0.15) is 5.84 Å². The number of amidine groups is 1. The van der Waals surface area contributed by atoms with Gasteiger partial charge in [-0.1, -0.05) is 30.3 Å². The van der Waals surface area contributed by atoms with Crippen LogP contribution in [0.5, 0.6) is 11.5 Å². The summed E-state index contributed by atoms with van der Waals surface area (Å²) in [5.41, 5.74) is 1.86. The summed E-state index contributed by atoms with van der Waals surface area (Å²) in [6.45, 7) is 1.40. The van der Waals surface area contributed by atoms with Gasteiger partial charge in [0.15, 0.2) is 17.2 Å². The fraction of sp³-hybridized carbons (Fsp3) is 0.316. The Bertz CT molecular complexity index is 818. The van der Waals surface area contributed by atoms with Crippen molar-refractivity contribution in [2.75, 3.05) is 27.3 Å². The predicted molar refractivity (Wildman–Crippen MR) is 91.7 cm³/mol. The third-order valence-electron chi connectivity index (χ3n) is 4.83. The molecule has 2 aromatic carbocycles. The highest BCUT2D eigenvalue weighted by Gasteiger charge is 2.45. The molecule has 5 heteroatoms. The minimum Gasteiger partial charge on any atom is -0.493 e. The first-order valence-electron chi connectivity index (χ1n) is 8.02. The molecule has 0 saturated heterocycles. The molecule has 124 valence electrons. The van der Waals surface area contributed by atoms with E-state index in [1.165, 1.54) is 0 Å². The standard InChI is InChI=1S/C19H20N2O3/c1-23-16-8-7-14(11-17(16)24-2)19(22)12-13-5-3-4-6-15(13)18-20-9-10-21(18)19/h3-8,11,22H,9-10,12H2,1-2H3. The van der Waals surface area contributed by atoms with E-state index in [1.807, 2.05) is 35.2 Å². The van der Waals surface area contributed by atoms with E-state index in [2.05, 4.69) is 17.1 Å². The smallest absolute Gasteiger partial charge is 0.169 e. The topological polar surface area (TPSA) is 54.3 Å². The van der Waals surface area contributed by atoms with Crippen molar-refractivity contribution in [3.8, 4) is 11.5 Å². The van der Waals surface area contributed by atoms with Crippen LogP contribution in [0.3, 0.4) is 0 Å². The minimum absolute atomic E-state index is 0.512. The molecule has 0 aliphatic carbocycles. The lowest BCUT2D eigenvalue weighted by molar-refractivity contribution is -0.0746. The molecule has 1 atom stereocenters. The maximum absolute atomic E-state index is 11.6. The zero-order valence-electron chi connectivity index (χ0n) is 13.8. The molecular formula is C19H20N2O3. The van der Waals surface area contributed by atoms with Crippen LogP contribution >= 0.6 is 0 Å². The lowest BCUT2D eigenvalue weighted by atomic mass is 9.86. The highest BCUT2D eigenvalue weighted by Crippen LogP contribution is 2.41. The van der Waals surface area contributed by atoms with Crippen molar-refractivity contribution in [1.82, 2.24) is 4.90 Å². The van der Waals surface area contributed by atoms with Gasteiger partial charge in [0, 0.05) is 24.1 Å². The van der Waals surface area contributed by atoms with Gasteiger partial charge in [-0.25, -0.2) is 0 Å². The van der Waals surface area contributed by atoms with Crippen LogP contribution < -0.4 is 9.47 Å². The van der Waals surface area contributed by atoms with Crippen molar-refractivity contribution in [1.29, 1.82) is 0 Å². The Morgan fingerprint density at radius 3 is 2.67 bits per heavy atom. The van der Waals surface area contributed by atoms with Gasteiger partial charge in [0.05, 0.1) is 20.8 Å². The molecule has 0 bridgehead atoms. The van der Waals surface area contributed by atoms with Crippen molar-refractivity contribution >= 4 is 5.84 Å². The van der Waals surface area contributed by atoms with Gasteiger partial charge in [-0.05, 0) is 17.7 Å². The molecule has 0 saturated carbocycles. The predicted octanol–water partition coefficient (Wildman–Crippen LogP) is 2.17. The highest BCUT2D eigenvalue weighted by atomic mass is 16.5. The van der Waals surface area contributed by atoms with Gasteiger partial charge in [0.2, 0.25) is 0 Å². The number of fused-ring (bicyclic) bond motifs is 3. The number of rotatable bonds is 3. The number of aliphatic hydroxyl groups is 1. The van der Waals surface area contributed by atoms with E-state index in [4.69, 9.17) is 9.47 Å². The molecule has 0 amide bonds. The molecule has 2 heterocycles. The van der Waals surface area contributed by atoms with Crippen molar-refractivity contribution in [3.63, 3.8) is 0 Å². The maximum atomic E-state index is 11.6. The molecular weight excluding hydrogens is 304 g/mol. The van der Waals surface area contributed by atoms with Gasteiger partial charge in [-0.15, -0.1) is 0 Å². The van der Waals surface area contributed by atoms with Crippen molar-refractivity contribution in [2.45, 2.75) is 12.1 Å². The van der Waals surface area contributed by atoms with E-state index in [9.17, 15) is 5.11 Å². The Hall–Kier alpha value is -2.53. The van der Waals surface area contributed by atoms with Gasteiger partial charge in [0.25, 0.3) is 0 Å². The molecule has 0 radical (unpaired) electrons. The summed E-state index contributed by atoms with van der Waals surface area (Å²) < 4.78 is 10.7. The van der Waals surface area contributed by atoms with Gasteiger partial charge in [-0.2, -0.15) is 0 Å². The summed E-state index contributed by atoms with van der Waals surface area (Å²) >= 11 is 0. The fourth-order valence-electron chi connectivity index (χ4n) is 3.63. The Kier molecular flexibility index (Phi) is 3.46. The third kappa shape index (κ3) is 2.08. The van der Waals surface area contributed by atoms with Crippen LogP contribution in [-0.2, 0) is 12.1 Å². The van der Waals surface area contributed by atoms with Crippen LogP contribution in [0.2, 0.25) is 0 Å². The van der Waals surface area contributed by atoms with Crippen molar-refractivity contribution in [2.24, 2.45) is 4.99 Å². The largest absolute Gasteiger partial charge is 0.493 e. The van der Waals surface area contributed by atoms with E-state index < -0.39 is 5.72 Å². The molecule has 0 fully saturated rings. The SMILES string of the molecule is COc1ccc(C2(O)Cc3ccccc3C3=NCCN32)cc1OC. The van der Waals surface area contributed by atoms with Gasteiger partial charge >= 0.3 is 0 Å². The number of hydrogen-bond acceptors (Lipinski definition) is 5. The van der Waals surface area contributed by atoms with Crippen LogP contribution in [0.25, 0.3) is 0 Å². The molecule has 24 heavy (non-hydrogen) atoms. The zero-order valence-corrected chi connectivity index (χ0v) is 13.8. The number of nitrogens with zero attached hydrogens (tertiary/aromatic N) is 2. The molecule has 2 aromatic rings.